The Hall–Kier alpha value is -0.930. The number of carbonyl (C=O) groups is 1. The second-order valence-corrected chi connectivity index (χ2v) is 4.00. The molecule has 0 bridgehead atoms. The molecule has 1 fully saturated rings. The van der Waals surface area contributed by atoms with Gasteiger partial charge in [-0.15, -0.1) is 6.58 Å². The van der Waals surface area contributed by atoms with Crippen molar-refractivity contribution >= 4 is 5.91 Å². The van der Waals surface area contributed by atoms with Crippen LogP contribution in [-0.2, 0) is 4.79 Å². The van der Waals surface area contributed by atoms with E-state index < -0.39 is 5.92 Å². The zero-order valence-electron chi connectivity index (χ0n) is 8.77. The number of rotatable bonds is 4. The van der Waals surface area contributed by atoms with E-state index in [1.807, 2.05) is 0 Å². The van der Waals surface area contributed by atoms with E-state index in [1.165, 1.54) is 0 Å². The van der Waals surface area contributed by atoms with Gasteiger partial charge >= 0.3 is 0 Å². The van der Waals surface area contributed by atoms with Gasteiger partial charge in [-0.2, -0.15) is 0 Å². The summed E-state index contributed by atoms with van der Waals surface area (Å²) >= 11 is 0. The molecule has 0 radical (unpaired) electrons. The lowest BCUT2D eigenvalue weighted by Gasteiger charge is -2.27. The van der Waals surface area contributed by atoms with Crippen LogP contribution in [0, 0.1) is 5.92 Å². The molecule has 1 N–H and O–H groups in total. The van der Waals surface area contributed by atoms with E-state index in [9.17, 15) is 13.6 Å². The van der Waals surface area contributed by atoms with E-state index in [2.05, 4.69) is 11.9 Å². The molecule has 15 heavy (non-hydrogen) atoms. The highest BCUT2D eigenvalue weighted by molar-refractivity contribution is 5.78. The minimum absolute atomic E-state index is 0.0904. The van der Waals surface area contributed by atoms with E-state index in [4.69, 9.17) is 0 Å². The number of carbonyl (C=O) groups excluding carboxylic acids is 1. The Morgan fingerprint density at radius 1 is 1.47 bits per heavy atom. The molecule has 0 aromatic carbocycles. The predicted octanol–water partition coefficient (Wildman–Crippen LogP) is 2.50. The van der Waals surface area contributed by atoms with E-state index in [1.54, 1.807) is 6.08 Å². The largest absolute Gasteiger partial charge is 0.356 e. The zero-order valence-corrected chi connectivity index (χ0v) is 8.77. The molecule has 1 amide bonds. The first-order valence-corrected chi connectivity index (χ1v) is 5.31. The topological polar surface area (TPSA) is 29.1 Å². The Morgan fingerprint density at radius 2 is 2.07 bits per heavy atom. The van der Waals surface area contributed by atoms with Crippen LogP contribution in [0.1, 0.15) is 32.1 Å². The van der Waals surface area contributed by atoms with Crippen molar-refractivity contribution in [2.75, 3.05) is 6.54 Å². The molecule has 86 valence electrons. The minimum atomic E-state index is -2.56. The predicted molar refractivity (Wildman–Crippen MR) is 54.7 cm³/mol. The SMILES string of the molecule is C=CCCNC(=O)C1CCC(F)(F)CC1. The van der Waals surface area contributed by atoms with Crippen molar-refractivity contribution in [2.24, 2.45) is 5.92 Å². The van der Waals surface area contributed by atoms with Crippen molar-refractivity contribution in [1.29, 1.82) is 0 Å². The van der Waals surface area contributed by atoms with Crippen molar-refractivity contribution in [1.82, 2.24) is 5.32 Å². The molecule has 0 atom stereocenters. The Morgan fingerprint density at radius 3 is 2.60 bits per heavy atom. The summed E-state index contributed by atoms with van der Waals surface area (Å²) in [5, 5.41) is 2.73. The molecule has 0 aromatic rings. The quantitative estimate of drug-likeness (QED) is 0.569. The third-order valence-electron chi connectivity index (χ3n) is 2.74. The monoisotopic (exact) mass is 217 g/mol. The second-order valence-electron chi connectivity index (χ2n) is 4.00. The number of halogens is 2. The minimum Gasteiger partial charge on any atom is -0.356 e. The van der Waals surface area contributed by atoms with Crippen LogP contribution in [0.4, 0.5) is 8.78 Å². The number of hydrogen-bond donors (Lipinski definition) is 1. The summed E-state index contributed by atoms with van der Waals surface area (Å²) in [6.07, 6.45) is 2.71. The average Bonchev–Trinajstić information content (AvgIpc) is 2.18. The van der Waals surface area contributed by atoms with Crippen LogP contribution in [0.2, 0.25) is 0 Å². The number of hydrogen-bond acceptors (Lipinski definition) is 1. The molecule has 0 unspecified atom stereocenters. The van der Waals surface area contributed by atoms with Crippen LogP contribution in [0.15, 0.2) is 12.7 Å². The Labute approximate surface area is 88.7 Å². The van der Waals surface area contributed by atoms with Gasteiger partial charge in [0.2, 0.25) is 11.8 Å². The maximum Gasteiger partial charge on any atom is 0.248 e. The molecule has 1 aliphatic carbocycles. The van der Waals surface area contributed by atoms with Crippen LogP contribution in [0.5, 0.6) is 0 Å². The van der Waals surface area contributed by atoms with Crippen LogP contribution >= 0.6 is 0 Å². The summed E-state index contributed by atoms with van der Waals surface area (Å²) in [7, 11) is 0. The summed E-state index contributed by atoms with van der Waals surface area (Å²) < 4.78 is 25.6. The van der Waals surface area contributed by atoms with Crippen molar-refractivity contribution in [3.8, 4) is 0 Å². The van der Waals surface area contributed by atoms with Crippen LogP contribution in [0.3, 0.4) is 0 Å². The maximum absolute atomic E-state index is 12.8. The number of alkyl halides is 2. The lowest BCUT2D eigenvalue weighted by molar-refractivity contribution is -0.129. The summed E-state index contributed by atoms with van der Waals surface area (Å²) in [5.74, 6) is -2.88. The number of nitrogens with one attached hydrogen (secondary N) is 1. The Kier molecular flexibility index (Phi) is 4.24. The molecule has 1 aliphatic rings. The van der Waals surface area contributed by atoms with Crippen LogP contribution in [0.25, 0.3) is 0 Å². The van der Waals surface area contributed by atoms with E-state index in [0.717, 1.165) is 0 Å². The van der Waals surface area contributed by atoms with Gasteiger partial charge in [0.15, 0.2) is 0 Å². The summed E-state index contributed by atoms with van der Waals surface area (Å²) in [5.41, 5.74) is 0. The molecule has 2 nitrogen and oxygen atoms in total. The van der Waals surface area contributed by atoms with E-state index in [0.29, 0.717) is 25.8 Å². The molecule has 1 saturated carbocycles. The fourth-order valence-corrected chi connectivity index (χ4v) is 1.74. The first-order valence-electron chi connectivity index (χ1n) is 5.31. The van der Waals surface area contributed by atoms with Gasteiger partial charge in [0, 0.05) is 25.3 Å². The third-order valence-corrected chi connectivity index (χ3v) is 2.74. The average molecular weight is 217 g/mol. The summed E-state index contributed by atoms with van der Waals surface area (Å²) in [4.78, 5) is 11.5. The first kappa shape index (κ1) is 12.1. The molecule has 0 aromatic heterocycles. The van der Waals surface area contributed by atoms with Gasteiger partial charge in [-0.05, 0) is 19.3 Å². The Balaban J connectivity index is 2.27. The van der Waals surface area contributed by atoms with Gasteiger partial charge in [0.25, 0.3) is 0 Å². The van der Waals surface area contributed by atoms with Gasteiger partial charge in [0.1, 0.15) is 0 Å². The van der Waals surface area contributed by atoms with Gasteiger partial charge < -0.3 is 5.32 Å². The third kappa shape index (κ3) is 3.98. The second kappa shape index (κ2) is 5.24. The van der Waals surface area contributed by atoms with Gasteiger partial charge in [0.05, 0.1) is 0 Å². The fourth-order valence-electron chi connectivity index (χ4n) is 1.74. The highest BCUT2D eigenvalue weighted by Gasteiger charge is 2.37. The molecule has 0 spiro atoms. The fraction of sp³-hybridized carbons (Fsp3) is 0.727. The van der Waals surface area contributed by atoms with Crippen molar-refractivity contribution in [3.63, 3.8) is 0 Å². The summed E-state index contributed by atoms with van der Waals surface area (Å²) in [6, 6.07) is 0. The highest BCUT2D eigenvalue weighted by Crippen LogP contribution is 2.36. The lowest BCUT2D eigenvalue weighted by Crippen LogP contribution is -2.36. The normalized spacial score (nSPS) is 20.9. The smallest absolute Gasteiger partial charge is 0.248 e. The van der Waals surface area contributed by atoms with Gasteiger partial charge in [-0.25, -0.2) is 8.78 Å². The van der Waals surface area contributed by atoms with Crippen molar-refractivity contribution in [2.45, 2.75) is 38.0 Å². The van der Waals surface area contributed by atoms with Crippen molar-refractivity contribution in [3.05, 3.63) is 12.7 Å². The molecular formula is C11H17F2NO. The molecule has 0 heterocycles. The lowest BCUT2D eigenvalue weighted by atomic mass is 9.86. The first-order chi connectivity index (χ1) is 7.05. The van der Waals surface area contributed by atoms with Crippen molar-refractivity contribution < 1.29 is 13.6 Å². The Bertz CT molecular complexity index is 231. The van der Waals surface area contributed by atoms with Crippen LogP contribution < -0.4 is 5.32 Å². The van der Waals surface area contributed by atoms with Gasteiger partial charge in [-0.3, -0.25) is 4.79 Å². The van der Waals surface area contributed by atoms with E-state index >= 15 is 0 Å². The van der Waals surface area contributed by atoms with Gasteiger partial charge in [-0.1, -0.05) is 6.08 Å². The standard InChI is InChI=1S/C11H17F2NO/c1-2-3-8-14-10(15)9-4-6-11(12,13)7-5-9/h2,9H,1,3-8H2,(H,14,15). The molecule has 4 heteroatoms. The number of amides is 1. The molecule has 1 rings (SSSR count). The molecule has 0 aliphatic heterocycles. The van der Waals surface area contributed by atoms with Crippen LogP contribution in [-0.4, -0.2) is 18.4 Å². The highest BCUT2D eigenvalue weighted by atomic mass is 19.3. The molecule has 0 saturated heterocycles. The summed E-state index contributed by atoms with van der Waals surface area (Å²) in [6.45, 7) is 4.09. The zero-order chi connectivity index (χ0) is 11.3. The maximum atomic E-state index is 12.8. The molecular weight excluding hydrogens is 200 g/mol. The van der Waals surface area contributed by atoms with E-state index in [-0.39, 0.29) is 24.7 Å².